The van der Waals surface area contributed by atoms with Gasteiger partial charge in [0.1, 0.15) is 0 Å². The molecule has 80 valence electrons. The van der Waals surface area contributed by atoms with Crippen LogP contribution in [-0.4, -0.2) is 40.5 Å². The van der Waals surface area contributed by atoms with E-state index in [1.165, 1.54) is 13.1 Å². The van der Waals surface area contributed by atoms with Crippen LogP contribution >= 0.6 is 11.6 Å². The summed E-state index contributed by atoms with van der Waals surface area (Å²) < 4.78 is 0. The summed E-state index contributed by atoms with van der Waals surface area (Å²) in [6.45, 7) is 4.46. The number of nitrogens with zero attached hydrogens (tertiary/aromatic N) is 3. The number of hydrogen-bond donors (Lipinski definition) is 1. The Balaban J connectivity index is 1.63. The summed E-state index contributed by atoms with van der Waals surface area (Å²) in [7, 11) is 0. The van der Waals surface area contributed by atoms with E-state index in [0.717, 1.165) is 30.6 Å². The summed E-state index contributed by atoms with van der Waals surface area (Å²) >= 11 is 5.64. The van der Waals surface area contributed by atoms with Crippen molar-refractivity contribution >= 4 is 11.6 Å². The van der Waals surface area contributed by atoms with Gasteiger partial charge in [0.25, 0.3) is 0 Å². The highest BCUT2D eigenvalue weighted by molar-refractivity contribution is 6.28. The molecule has 0 aliphatic carbocycles. The van der Waals surface area contributed by atoms with Crippen LogP contribution in [0.1, 0.15) is 5.56 Å². The van der Waals surface area contributed by atoms with Crippen LogP contribution in [0.15, 0.2) is 12.4 Å². The van der Waals surface area contributed by atoms with Gasteiger partial charge >= 0.3 is 0 Å². The Labute approximate surface area is 93.7 Å². The van der Waals surface area contributed by atoms with Gasteiger partial charge in [-0.1, -0.05) is 0 Å². The fourth-order valence-corrected chi connectivity index (χ4v) is 2.45. The molecule has 15 heavy (non-hydrogen) atoms. The molecular weight excluding hydrogens is 212 g/mol. The van der Waals surface area contributed by atoms with E-state index in [1.807, 2.05) is 12.4 Å². The Morgan fingerprint density at radius 3 is 2.73 bits per heavy atom. The van der Waals surface area contributed by atoms with Gasteiger partial charge in [0, 0.05) is 56.1 Å². The van der Waals surface area contributed by atoms with E-state index >= 15 is 0 Å². The lowest BCUT2D eigenvalue weighted by atomic mass is 9.96. The highest BCUT2D eigenvalue weighted by Crippen LogP contribution is 2.24. The first-order chi connectivity index (χ1) is 7.31. The van der Waals surface area contributed by atoms with Crippen LogP contribution < -0.4 is 5.32 Å². The Morgan fingerprint density at radius 1 is 1.40 bits per heavy atom. The summed E-state index contributed by atoms with van der Waals surface area (Å²) in [4.78, 5) is 10.4. The van der Waals surface area contributed by atoms with E-state index in [1.54, 1.807) is 0 Å². The van der Waals surface area contributed by atoms with Crippen LogP contribution in [-0.2, 0) is 6.54 Å². The van der Waals surface area contributed by atoms with E-state index in [-0.39, 0.29) is 0 Å². The van der Waals surface area contributed by atoms with Crippen LogP contribution in [0.5, 0.6) is 0 Å². The zero-order chi connectivity index (χ0) is 10.3. The summed E-state index contributed by atoms with van der Waals surface area (Å²) in [5, 5.41) is 3.76. The van der Waals surface area contributed by atoms with Crippen molar-refractivity contribution in [3.05, 3.63) is 23.2 Å². The predicted molar refractivity (Wildman–Crippen MR) is 57.6 cm³/mol. The van der Waals surface area contributed by atoms with Crippen LogP contribution in [0.3, 0.4) is 0 Å². The average molecular weight is 225 g/mol. The van der Waals surface area contributed by atoms with Crippen molar-refractivity contribution in [2.75, 3.05) is 19.6 Å². The lowest BCUT2D eigenvalue weighted by Gasteiger charge is -2.30. The van der Waals surface area contributed by atoms with Gasteiger partial charge in [0.05, 0.1) is 0 Å². The van der Waals surface area contributed by atoms with Crippen molar-refractivity contribution in [2.45, 2.75) is 12.6 Å². The second-order valence-electron chi connectivity index (χ2n) is 4.33. The average Bonchev–Trinajstić information content (AvgIpc) is 2.48. The fraction of sp³-hybridized carbons (Fsp3) is 0.600. The minimum absolute atomic E-state index is 0.321. The molecule has 1 N–H and O–H groups in total. The van der Waals surface area contributed by atoms with E-state index < -0.39 is 0 Å². The number of rotatable bonds is 2. The van der Waals surface area contributed by atoms with E-state index in [2.05, 4.69) is 20.2 Å². The lowest BCUT2D eigenvalue weighted by Crippen LogP contribution is -2.51. The number of nitrogens with one attached hydrogen (secondary N) is 1. The highest BCUT2D eigenvalue weighted by atomic mass is 35.5. The van der Waals surface area contributed by atoms with Crippen molar-refractivity contribution in [3.63, 3.8) is 0 Å². The maximum absolute atomic E-state index is 5.64. The molecule has 0 unspecified atom stereocenters. The molecule has 5 heteroatoms. The first-order valence-electron chi connectivity index (χ1n) is 5.23. The number of halogens is 1. The maximum Gasteiger partial charge on any atom is 0.222 e. The Kier molecular flexibility index (Phi) is 2.35. The molecule has 3 heterocycles. The quantitative estimate of drug-likeness (QED) is 0.745. The normalized spacial score (nSPS) is 29.9. The number of fused-ring (bicyclic) bond motifs is 1. The molecule has 4 nitrogen and oxygen atoms in total. The molecule has 1 aromatic rings. The molecule has 3 rings (SSSR count). The van der Waals surface area contributed by atoms with Crippen molar-refractivity contribution < 1.29 is 0 Å². The van der Waals surface area contributed by atoms with Crippen LogP contribution in [0.2, 0.25) is 5.28 Å². The Bertz CT molecular complexity index is 341. The minimum Gasteiger partial charge on any atom is -0.312 e. The third kappa shape index (κ3) is 1.85. The second kappa shape index (κ2) is 3.70. The lowest BCUT2D eigenvalue weighted by molar-refractivity contribution is 0.295. The SMILES string of the molecule is Clc1ncc(CN2C[C@H]3CN[C@H]3C2)cn1. The molecule has 2 aliphatic rings. The Hall–Kier alpha value is -0.710. The largest absolute Gasteiger partial charge is 0.312 e. The summed E-state index contributed by atoms with van der Waals surface area (Å²) in [5.74, 6) is 0.859. The molecule has 2 atom stereocenters. The van der Waals surface area contributed by atoms with Crippen LogP contribution in [0.25, 0.3) is 0 Å². The summed E-state index contributed by atoms with van der Waals surface area (Å²) in [6, 6.07) is 0.721. The Morgan fingerprint density at radius 2 is 2.20 bits per heavy atom. The zero-order valence-corrected chi connectivity index (χ0v) is 9.11. The van der Waals surface area contributed by atoms with Crippen LogP contribution in [0, 0.1) is 5.92 Å². The van der Waals surface area contributed by atoms with E-state index in [4.69, 9.17) is 11.6 Å². The van der Waals surface area contributed by atoms with E-state index in [9.17, 15) is 0 Å². The molecule has 0 radical (unpaired) electrons. The molecule has 0 bridgehead atoms. The molecule has 1 aromatic heterocycles. The third-order valence-electron chi connectivity index (χ3n) is 3.24. The summed E-state index contributed by atoms with van der Waals surface area (Å²) in [5.41, 5.74) is 1.14. The minimum atomic E-state index is 0.321. The molecule has 2 fully saturated rings. The smallest absolute Gasteiger partial charge is 0.222 e. The molecule has 0 spiro atoms. The van der Waals surface area contributed by atoms with E-state index in [0.29, 0.717) is 5.28 Å². The van der Waals surface area contributed by atoms with Gasteiger partial charge in [0.2, 0.25) is 5.28 Å². The predicted octanol–water partition coefficient (Wildman–Crippen LogP) is 0.534. The van der Waals surface area contributed by atoms with Crippen molar-refractivity contribution in [2.24, 2.45) is 5.92 Å². The molecule has 2 saturated heterocycles. The highest BCUT2D eigenvalue weighted by Gasteiger charge is 2.38. The topological polar surface area (TPSA) is 41.1 Å². The van der Waals surface area contributed by atoms with Gasteiger partial charge in [-0.3, -0.25) is 4.90 Å². The van der Waals surface area contributed by atoms with Crippen molar-refractivity contribution in [1.29, 1.82) is 0 Å². The van der Waals surface area contributed by atoms with Gasteiger partial charge in [-0.05, 0) is 11.6 Å². The van der Waals surface area contributed by atoms with Gasteiger partial charge in [0.15, 0.2) is 0 Å². The summed E-state index contributed by atoms with van der Waals surface area (Å²) in [6.07, 6.45) is 3.62. The second-order valence-corrected chi connectivity index (χ2v) is 4.67. The number of likely N-dealkylation sites (tertiary alicyclic amines) is 1. The van der Waals surface area contributed by atoms with Gasteiger partial charge in [-0.2, -0.15) is 0 Å². The maximum atomic E-state index is 5.64. The fourth-order valence-electron chi connectivity index (χ4n) is 2.35. The first kappa shape index (κ1) is 9.51. The number of hydrogen-bond acceptors (Lipinski definition) is 4. The molecule has 0 amide bonds. The van der Waals surface area contributed by atoms with Crippen molar-refractivity contribution in [1.82, 2.24) is 20.2 Å². The van der Waals surface area contributed by atoms with Gasteiger partial charge in [-0.15, -0.1) is 0 Å². The van der Waals surface area contributed by atoms with Crippen LogP contribution in [0.4, 0.5) is 0 Å². The molecule has 0 saturated carbocycles. The van der Waals surface area contributed by atoms with Gasteiger partial charge in [-0.25, -0.2) is 9.97 Å². The molecule has 2 aliphatic heterocycles. The molecular formula is C10H13ClN4. The van der Waals surface area contributed by atoms with Crippen molar-refractivity contribution in [3.8, 4) is 0 Å². The zero-order valence-electron chi connectivity index (χ0n) is 8.36. The molecule has 0 aromatic carbocycles. The number of aromatic nitrogens is 2. The standard InChI is InChI=1S/C10H13ClN4/c11-10-13-1-7(2-14-10)4-15-5-8-3-12-9(8)6-15/h1-2,8-9,12H,3-6H2/t8-,9+/m1/s1. The third-order valence-corrected chi connectivity index (χ3v) is 3.43. The van der Waals surface area contributed by atoms with Gasteiger partial charge < -0.3 is 5.32 Å². The monoisotopic (exact) mass is 224 g/mol. The first-order valence-corrected chi connectivity index (χ1v) is 5.61.